The summed E-state index contributed by atoms with van der Waals surface area (Å²) in [7, 11) is 1.73. The van der Waals surface area contributed by atoms with Gasteiger partial charge in [-0.25, -0.2) is 0 Å². The van der Waals surface area contributed by atoms with Crippen molar-refractivity contribution in [3.8, 4) is 5.75 Å². The SMILES string of the molecule is COc1ccc(Br)cc1[C@@H](C)N1CCNCC1.Cl.Cl. The molecule has 110 valence electrons. The van der Waals surface area contributed by atoms with Crippen LogP contribution >= 0.6 is 40.7 Å². The molecular formula is C13H21BrCl2N2O. The van der Waals surface area contributed by atoms with Crippen molar-refractivity contribution in [1.82, 2.24) is 10.2 Å². The van der Waals surface area contributed by atoms with Gasteiger partial charge in [0.25, 0.3) is 0 Å². The molecule has 19 heavy (non-hydrogen) atoms. The molecule has 1 atom stereocenters. The third-order valence-corrected chi connectivity index (χ3v) is 3.83. The maximum atomic E-state index is 5.45. The first-order valence-electron chi connectivity index (χ1n) is 6.00. The predicted octanol–water partition coefficient (Wildman–Crippen LogP) is 3.27. The van der Waals surface area contributed by atoms with Crippen LogP contribution in [0.15, 0.2) is 22.7 Å². The Morgan fingerprint density at radius 2 is 1.89 bits per heavy atom. The summed E-state index contributed by atoms with van der Waals surface area (Å²) in [6.45, 7) is 6.57. The highest BCUT2D eigenvalue weighted by molar-refractivity contribution is 9.10. The first-order chi connectivity index (χ1) is 8.22. The van der Waals surface area contributed by atoms with Crippen LogP contribution in [0.2, 0.25) is 0 Å². The number of nitrogens with one attached hydrogen (secondary N) is 1. The Labute approximate surface area is 136 Å². The van der Waals surface area contributed by atoms with E-state index in [-0.39, 0.29) is 24.8 Å². The molecule has 0 spiro atoms. The molecule has 0 radical (unpaired) electrons. The summed E-state index contributed by atoms with van der Waals surface area (Å²) < 4.78 is 6.56. The van der Waals surface area contributed by atoms with Crippen LogP contribution in [0.1, 0.15) is 18.5 Å². The van der Waals surface area contributed by atoms with Crippen LogP contribution in [0.3, 0.4) is 0 Å². The Bertz CT molecular complexity index is 387. The molecular weight excluding hydrogens is 351 g/mol. The summed E-state index contributed by atoms with van der Waals surface area (Å²) in [5.74, 6) is 0.972. The zero-order valence-electron chi connectivity index (χ0n) is 11.2. The monoisotopic (exact) mass is 370 g/mol. The van der Waals surface area contributed by atoms with E-state index in [9.17, 15) is 0 Å². The van der Waals surface area contributed by atoms with Crippen LogP contribution in [-0.2, 0) is 0 Å². The minimum Gasteiger partial charge on any atom is -0.496 e. The fourth-order valence-corrected chi connectivity index (χ4v) is 2.68. The Morgan fingerprint density at radius 3 is 2.47 bits per heavy atom. The van der Waals surface area contributed by atoms with E-state index in [0.717, 1.165) is 36.4 Å². The van der Waals surface area contributed by atoms with Crippen molar-refractivity contribution >= 4 is 40.7 Å². The van der Waals surface area contributed by atoms with Gasteiger partial charge >= 0.3 is 0 Å². The molecule has 1 saturated heterocycles. The van der Waals surface area contributed by atoms with E-state index >= 15 is 0 Å². The van der Waals surface area contributed by atoms with Crippen LogP contribution in [0, 0.1) is 0 Å². The maximum absolute atomic E-state index is 5.45. The second-order valence-corrected chi connectivity index (χ2v) is 5.26. The van der Waals surface area contributed by atoms with E-state index in [1.54, 1.807) is 7.11 Å². The molecule has 1 aliphatic heterocycles. The van der Waals surface area contributed by atoms with E-state index in [4.69, 9.17) is 4.74 Å². The molecule has 1 fully saturated rings. The zero-order chi connectivity index (χ0) is 12.3. The molecule has 6 heteroatoms. The van der Waals surface area contributed by atoms with Gasteiger partial charge in [-0.1, -0.05) is 15.9 Å². The van der Waals surface area contributed by atoms with Crippen molar-refractivity contribution in [2.45, 2.75) is 13.0 Å². The molecule has 1 aliphatic rings. The number of methoxy groups -OCH3 is 1. The predicted molar refractivity (Wildman–Crippen MR) is 88.0 cm³/mol. The lowest BCUT2D eigenvalue weighted by molar-refractivity contribution is 0.182. The Balaban J connectivity index is 0.00000162. The van der Waals surface area contributed by atoms with Gasteiger partial charge in [0.1, 0.15) is 5.75 Å². The normalized spacial score (nSPS) is 17.0. The number of halogens is 3. The highest BCUT2D eigenvalue weighted by Crippen LogP contribution is 2.31. The third kappa shape index (κ3) is 4.80. The van der Waals surface area contributed by atoms with Gasteiger partial charge in [0.05, 0.1) is 7.11 Å². The largest absolute Gasteiger partial charge is 0.496 e. The fourth-order valence-electron chi connectivity index (χ4n) is 2.30. The third-order valence-electron chi connectivity index (χ3n) is 3.34. The molecule has 3 nitrogen and oxygen atoms in total. The standard InChI is InChI=1S/C13H19BrN2O.2ClH/c1-10(16-7-5-15-6-8-16)12-9-11(14)3-4-13(12)17-2;;/h3-4,9-10,15H,5-8H2,1-2H3;2*1H/t10-;;/m1../s1. The summed E-state index contributed by atoms with van der Waals surface area (Å²) in [6, 6.07) is 6.60. The van der Waals surface area contributed by atoms with Gasteiger partial charge < -0.3 is 10.1 Å². The van der Waals surface area contributed by atoms with Crippen LogP contribution < -0.4 is 10.1 Å². The van der Waals surface area contributed by atoms with Crippen LogP contribution in [-0.4, -0.2) is 38.2 Å². The lowest BCUT2D eigenvalue weighted by Gasteiger charge is -2.33. The molecule has 0 saturated carbocycles. The van der Waals surface area contributed by atoms with Crippen molar-refractivity contribution in [2.75, 3.05) is 33.3 Å². The lowest BCUT2D eigenvalue weighted by Crippen LogP contribution is -2.44. The molecule has 1 N–H and O–H groups in total. The lowest BCUT2D eigenvalue weighted by atomic mass is 10.1. The van der Waals surface area contributed by atoms with Crippen molar-refractivity contribution in [3.63, 3.8) is 0 Å². The second kappa shape index (κ2) is 9.03. The Kier molecular flexibility index (Phi) is 9.03. The van der Waals surface area contributed by atoms with E-state index < -0.39 is 0 Å². The molecule has 1 aromatic carbocycles. The average molecular weight is 372 g/mol. The van der Waals surface area contributed by atoms with Gasteiger partial charge in [-0.15, -0.1) is 24.8 Å². The molecule has 0 bridgehead atoms. The van der Waals surface area contributed by atoms with E-state index in [2.05, 4.69) is 39.1 Å². The number of hydrogen-bond acceptors (Lipinski definition) is 3. The molecule has 0 amide bonds. The number of ether oxygens (including phenoxy) is 1. The van der Waals surface area contributed by atoms with E-state index in [1.807, 2.05) is 12.1 Å². The average Bonchev–Trinajstić information content (AvgIpc) is 2.39. The van der Waals surface area contributed by atoms with Crippen LogP contribution in [0.25, 0.3) is 0 Å². The highest BCUT2D eigenvalue weighted by Gasteiger charge is 2.20. The Morgan fingerprint density at radius 1 is 1.26 bits per heavy atom. The molecule has 2 rings (SSSR count). The van der Waals surface area contributed by atoms with Crippen molar-refractivity contribution in [3.05, 3.63) is 28.2 Å². The minimum atomic E-state index is 0. The summed E-state index contributed by atoms with van der Waals surface area (Å²) >= 11 is 3.53. The van der Waals surface area contributed by atoms with Gasteiger partial charge in [0.15, 0.2) is 0 Å². The van der Waals surface area contributed by atoms with Gasteiger partial charge in [-0.3, -0.25) is 4.90 Å². The van der Waals surface area contributed by atoms with Crippen molar-refractivity contribution in [2.24, 2.45) is 0 Å². The minimum absolute atomic E-state index is 0. The van der Waals surface area contributed by atoms with Gasteiger partial charge in [-0.05, 0) is 25.1 Å². The summed E-state index contributed by atoms with van der Waals surface area (Å²) in [5.41, 5.74) is 1.25. The van der Waals surface area contributed by atoms with Crippen LogP contribution in [0.5, 0.6) is 5.75 Å². The number of hydrogen-bond donors (Lipinski definition) is 1. The molecule has 0 aromatic heterocycles. The zero-order valence-corrected chi connectivity index (χ0v) is 14.4. The van der Waals surface area contributed by atoms with E-state index in [0.29, 0.717) is 6.04 Å². The van der Waals surface area contributed by atoms with Gasteiger partial charge in [-0.2, -0.15) is 0 Å². The quantitative estimate of drug-likeness (QED) is 0.882. The van der Waals surface area contributed by atoms with Crippen molar-refractivity contribution < 1.29 is 4.74 Å². The number of benzene rings is 1. The first-order valence-corrected chi connectivity index (χ1v) is 6.80. The van der Waals surface area contributed by atoms with Gasteiger partial charge in [0, 0.05) is 42.3 Å². The first kappa shape index (κ1) is 19.0. The van der Waals surface area contributed by atoms with Crippen molar-refractivity contribution in [1.29, 1.82) is 0 Å². The fraction of sp³-hybridized carbons (Fsp3) is 0.538. The number of piperazine rings is 1. The smallest absolute Gasteiger partial charge is 0.123 e. The molecule has 1 aromatic rings. The second-order valence-electron chi connectivity index (χ2n) is 4.35. The highest BCUT2D eigenvalue weighted by atomic mass is 79.9. The topological polar surface area (TPSA) is 24.5 Å². The Hall–Kier alpha value is -0.000000000000000222. The molecule has 0 unspecified atom stereocenters. The number of nitrogens with zero attached hydrogens (tertiary/aromatic N) is 1. The van der Waals surface area contributed by atoms with Crippen LogP contribution in [0.4, 0.5) is 0 Å². The summed E-state index contributed by atoms with van der Waals surface area (Å²) in [5, 5.41) is 3.38. The van der Waals surface area contributed by atoms with Gasteiger partial charge in [0.2, 0.25) is 0 Å². The summed E-state index contributed by atoms with van der Waals surface area (Å²) in [4.78, 5) is 2.49. The molecule has 0 aliphatic carbocycles. The maximum Gasteiger partial charge on any atom is 0.123 e. The van der Waals surface area contributed by atoms with E-state index in [1.165, 1.54) is 5.56 Å². The number of rotatable bonds is 3. The molecule has 1 heterocycles. The summed E-state index contributed by atoms with van der Waals surface area (Å²) in [6.07, 6.45) is 0.